The molecule has 1 aromatic rings. The molecule has 1 aromatic heterocycles. The predicted octanol–water partition coefficient (Wildman–Crippen LogP) is 1.43. The quantitative estimate of drug-likeness (QED) is 0.460. The van der Waals surface area contributed by atoms with E-state index in [9.17, 15) is 4.79 Å². The van der Waals surface area contributed by atoms with Crippen LogP contribution in [0.2, 0.25) is 0 Å². The Balaban J connectivity index is 1.99. The zero-order chi connectivity index (χ0) is 17.7. The van der Waals surface area contributed by atoms with E-state index in [-0.39, 0.29) is 11.1 Å². The van der Waals surface area contributed by atoms with Crippen LogP contribution in [0.1, 0.15) is 30.1 Å². The molecule has 0 aromatic carbocycles. The molecule has 0 radical (unpaired) electrons. The number of hydrogen-bond acceptors (Lipinski definition) is 5. The standard InChI is InChI=1S/C16H25ClN6O/c1-10-11(2)21-14(20-10)9-23-6-4-5-12(8-23)22-13(7-18)15(17)16(24)19-3/h7,12,18,22H,4-6,8-9H2,1-3H3,(H,19,24)(H,20,21)/b15-13-,18-7?. The van der Waals surface area contributed by atoms with E-state index in [4.69, 9.17) is 17.0 Å². The molecule has 1 fully saturated rings. The fourth-order valence-electron chi connectivity index (χ4n) is 2.85. The second-order valence-electron chi connectivity index (χ2n) is 6.06. The van der Waals surface area contributed by atoms with Gasteiger partial charge in [0.25, 0.3) is 5.91 Å². The summed E-state index contributed by atoms with van der Waals surface area (Å²) in [6.45, 7) is 6.60. The zero-order valence-corrected chi connectivity index (χ0v) is 15.1. The van der Waals surface area contributed by atoms with Crippen LogP contribution in [0.15, 0.2) is 10.7 Å². The van der Waals surface area contributed by atoms with Gasteiger partial charge in [0, 0.05) is 31.5 Å². The summed E-state index contributed by atoms with van der Waals surface area (Å²) in [6, 6.07) is 0.144. The van der Waals surface area contributed by atoms with Gasteiger partial charge in [0.05, 0.1) is 17.9 Å². The summed E-state index contributed by atoms with van der Waals surface area (Å²) in [6.07, 6.45) is 3.11. The molecular formula is C16H25ClN6O. The smallest absolute Gasteiger partial charge is 0.264 e. The maximum atomic E-state index is 11.6. The number of H-pyrrole nitrogens is 1. The van der Waals surface area contributed by atoms with E-state index >= 15 is 0 Å². The molecule has 1 aliphatic heterocycles. The average molecular weight is 353 g/mol. The van der Waals surface area contributed by atoms with Gasteiger partial charge in [-0.25, -0.2) is 4.98 Å². The number of rotatable bonds is 6. The van der Waals surface area contributed by atoms with E-state index in [0.29, 0.717) is 5.70 Å². The van der Waals surface area contributed by atoms with E-state index in [1.54, 1.807) is 0 Å². The number of carbonyl (C=O) groups excluding carboxylic acids is 1. The molecule has 1 amide bonds. The molecule has 132 valence electrons. The molecule has 0 bridgehead atoms. The Morgan fingerprint density at radius 1 is 1.54 bits per heavy atom. The number of allylic oxidation sites excluding steroid dienone is 1. The number of piperidine rings is 1. The third kappa shape index (κ3) is 4.58. The first-order valence-corrected chi connectivity index (χ1v) is 8.45. The Labute approximate surface area is 147 Å². The Morgan fingerprint density at radius 2 is 2.29 bits per heavy atom. The van der Waals surface area contributed by atoms with Gasteiger partial charge in [-0.05, 0) is 33.2 Å². The SMILES string of the molecule is CNC(=O)/C(Cl)=C(\C=N)NC1CCCN(Cc2nc(C)c(C)[nH]2)C1. The number of aromatic nitrogens is 2. The molecule has 1 saturated heterocycles. The van der Waals surface area contributed by atoms with Gasteiger partial charge < -0.3 is 21.0 Å². The fourth-order valence-corrected chi connectivity index (χ4v) is 3.05. The van der Waals surface area contributed by atoms with Gasteiger partial charge in [-0.3, -0.25) is 9.69 Å². The molecule has 24 heavy (non-hydrogen) atoms. The van der Waals surface area contributed by atoms with Crippen molar-refractivity contribution in [1.29, 1.82) is 5.41 Å². The van der Waals surface area contributed by atoms with Gasteiger partial charge in [0.2, 0.25) is 0 Å². The molecule has 0 saturated carbocycles. The summed E-state index contributed by atoms with van der Waals surface area (Å²) in [5, 5.41) is 13.2. The highest BCUT2D eigenvalue weighted by Gasteiger charge is 2.22. The van der Waals surface area contributed by atoms with Crippen molar-refractivity contribution in [3.05, 3.63) is 27.9 Å². The van der Waals surface area contributed by atoms with Crippen molar-refractivity contribution in [3.8, 4) is 0 Å². The number of nitrogens with one attached hydrogen (secondary N) is 4. The highest BCUT2D eigenvalue weighted by molar-refractivity contribution is 6.43. The van der Waals surface area contributed by atoms with Gasteiger partial charge in [0.15, 0.2) is 0 Å². The highest BCUT2D eigenvalue weighted by atomic mass is 35.5. The minimum Gasteiger partial charge on any atom is -0.378 e. The number of halogens is 1. The molecule has 8 heteroatoms. The van der Waals surface area contributed by atoms with Crippen LogP contribution in [0.25, 0.3) is 0 Å². The fraction of sp³-hybridized carbons (Fsp3) is 0.562. The Morgan fingerprint density at radius 3 is 2.88 bits per heavy atom. The van der Waals surface area contributed by atoms with Crippen molar-refractivity contribution in [1.82, 2.24) is 25.5 Å². The number of likely N-dealkylation sites (tertiary alicyclic amines) is 1. The summed E-state index contributed by atoms with van der Waals surface area (Å²) in [7, 11) is 1.52. The maximum Gasteiger partial charge on any atom is 0.264 e. The lowest BCUT2D eigenvalue weighted by Crippen LogP contribution is -2.45. The van der Waals surface area contributed by atoms with Crippen LogP contribution in [-0.2, 0) is 11.3 Å². The minimum absolute atomic E-state index is 0.0157. The summed E-state index contributed by atoms with van der Waals surface area (Å²) >= 11 is 6.03. The van der Waals surface area contributed by atoms with Crippen LogP contribution in [0.5, 0.6) is 0 Å². The Bertz CT molecular complexity index is 619. The third-order valence-electron chi connectivity index (χ3n) is 4.22. The summed E-state index contributed by atoms with van der Waals surface area (Å²) in [5.74, 6) is 0.578. The molecule has 0 spiro atoms. The average Bonchev–Trinajstić information content (AvgIpc) is 2.89. The number of nitrogens with zero attached hydrogens (tertiary/aromatic N) is 2. The number of carbonyl (C=O) groups is 1. The second-order valence-corrected chi connectivity index (χ2v) is 6.44. The Hall–Kier alpha value is -1.86. The lowest BCUT2D eigenvalue weighted by atomic mass is 10.1. The molecular weight excluding hydrogens is 328 g/mol. The topological polar surface area (TPSA) is 96.9 Å². The van der Waals surface area contributed by atoms with Crippen LogP contribution >= 0.6 is 11.6 Å². The van der Waals surface area contributed by atoms with E-state index in [2.05, 4.69) is 25.5 Å². The minimum atomic E-state index is -0.392. The van der Waals surface area contributed by atoms with Crippen LogP contribution in [-0.4, -0.2) is 53.2 Å². The number of aromatic amines is 1. The van der Waals surface area contributed by atoms with Crippen LogP contribution in [0.4, 0.5) is 0 Å². The van der Waals surface area contributed by atoms with Gasteiger partial charge in [-0.15, -0.1) is 0 Å². The first-order valence-electron chi connectivity index (χ1n) is 8.08. The van der Waals surface area contributed by atoms with Crippen LogP contribution < -0.4 is 10.6 Å². The molecule has 2 heterocycles. The van der Waals surface area contributed by atoms with Gasteiger partial charge >= 0.3 is 0 Å². The van der Waals surface area contributed by atoms with Crippen LogP contribution in [0.3, 0.4) is 0 Å². The molecule has 2 rings (SSSR count). The molecule has 4 N–H and O–H groups in total. The van der Waals surface area contributed by atoms with Gasteiger partial charge in [0.1, 0.15) is 10.9 Å². The number of aryl methyl sites for hydroxylation is 2. The largest absolute Gasteiger partial charge is 0.378 e. The molecule has 1 atom stereocenters. The van der Waals surface area contributed by atoms with Gasteiger partial charge in [-0.1, -0.05) is 11.6 Å². The number of likely N-dealkylation sites (N-methyl/N-ethyl adjacent to an activating group) is 1. The summed E-state index contributed by atoms with van der Waals surface area (Å²) in [4.78, 5) is 21.8. The summed E-state index contributed by atoms with van der Waals surface area (Å²) in [5.41, 5.74) is 2.48. The van der Waals surface area contributed by atoms with E-state index in [1.807, 2.05) is 13.8 Å². The third-order valence-corrected chi connectivity index (χ3v) is 4.60. The van der Waals surface area contributed by atoms with E-state index in [0.717, 1.165) is 55.9 Å². The van der Waals surface area contributed by atoms with Crippen molar-refractivity contribution in [3.63, 3.8) is 0 Å². The zero-order valence-electron chi connectivity index (χ0n) is 14.4. The van der Waals surface area contributed by atoms with E-state index < -0.39 is 5.91 Å². The molecule has 1 aliphatic rings. The number of amides is 1. The predicted molar refractivity (Wildman–Crippen MR) is 95.2 cm³/mol. The van der Waals surface area contributed by atoms with Crippen molar-refractivity contribution < 1.29 is 4.79 Å². The van der Waals surface area contributed by atoms with E-state index in [1.165, 1.54) is 7.05 Å². The molecule has 7 nitrogen and oxygen atoms in total. The summed E-state index contributed by atoms with van der Waals surface area (Å²) < 4.78 is 0. The van der Waals surface area contributed by atoms with Crippen molar-refractivity contribution in [2.24, 2.45) is 0 Å². The Kier molecular flexibility index (Phi) is 6.39. The monoisotopic (exact) mass is 352 g/mol. The normalized spacial score (nSPS) is 19.6. The van der Waals surface area contributed by atoms with Crippen molar-refractivity contribution in [2.45, 2.75) is 39.3 Å². The number of imidazole rings is 1. The van der Waals surface area contributed by atoms with Gasteiger partial charge in [-0.2, -0.15) is 0 Å². The maximum absolute atomic E-state index is 11.6. The highest BCUT2D eigenvalue weighted by Crippen LogP contribution is 2.16. The lowest BCUT2D eigenvalue weighted by molar-refractivity contribution is -0.116. The molecule has 1 unspecified atom stereocenters. The van der Waals surface area contributed by atoms with Crippen LogP contribution in [0, 0.1) is 19.3 Å². The van der Waals surface area contributed by atoms with Crippen molar-refractivity contribution >= 4 is 23.7 Å². The lowest BCUT2D eigenvalue weighted by Gasteiger charge is -2.33. The molecule has 0 aliphatic carbocycles. The number of hydrogen-bond donors (Lipinski definition) is 4. The first-order chi connectivity index (χ1) is 11.4. The van der Waals surface area contributed by atoms with Crippen molar-refractivity contribution in [2.75, 3.05) is 20.1 Å². The first kappa shape index (κ1) is 18.5. The second kappa shape index (κ2) is 8.30.